The van der Waals surface area contributed by atoms with Crippen molar-refractivity contribution in [3.8, 4) is 0 Å². The lowest BCUT2D eigenvalue weighted by Gasteiger charge is -1.96. The van der Waals surface area contributed by atoms with Crippen LogP contribution in [0.1, 0.15) is 5.56 Å². The van der Waals surface area contributed by atoms with Crippen molar-refractivity contribution < 1.29 is 9.52 Å². The number of fused-ring (bicyclic) bond motifs is 1. The van der Waals surface area contributed by atoms with E-state index in [-0.39, 0.29) is 6.61 Å². The third-order valence-corrected chi connectivity index (χ3v) is 2.07. The van der Waals surface area contributed by atoms with Crippen LogP contribution in [0.4, 0.5) is 0 Å². The molecule has 2 rings (SSSR count). The van der Waals surface area contributed by atoms with E-state index in [1.165, 1.54) is 0 Å². The van der Waals surface area contributed by atoms with Gasteiger partial charge in [-0.2, -0.15) is 0 Å². The molecule has 0 aliphatic heterocycles. The van der Waals surface area contributed by atoms with Gasteiger partial charge in [0.1, 0.15) is 4.64 Å². The number of pyridine rings is 1. The standard InChI is InChI=1S/C8H7NO2S/c10-4-5-3-9-8(12)7-6(5)1-2-11-7/h1-3,10H,4H2,(H,9,12). The second kappa shape index (κ2) is 2.73. The normalized spacial score (nSPS) is 10.8. The van der Waals surface area contributed by atoms with Gasteiger partial charge >= 0.3 is 0 Å². The lowest BCUT2D eigenvalue weighted by molar-refractivity contribution is 0.283. The molecule has 0 bridgehead atoms. The number of aliphatic hydroxyl groups is 1. The molecule has 4 heteroatoms. The summed E-state index contributed by atoms with van der Waals surface area (Å²) in [5.41, 5.74) is 1.43. The Labute approximate surface area is 73.6 Å². The van der Waals surface area contributed by atoms with E-state index in [1.807, 2.05) is 0 Å². The average Bonchev–Trinajstić information content (AvgIpc) is 2.54. The molecule has 2 heterocycles. The fourth-order valence-corrected chi connectivity index (χ4v) is 1.38. The van der Waals surface area contributed by atoms with Crippen molar-refractivity contribution in [3.05, 3.63) is 28.7 Å². The number of furan rings is 1. The number of rotatable bonds is 1. The minimum atomic E-state index is -0.0118. The Morgan fingerprint density at radius 1 is 1.58 bits per heavy atom. The van der Waals surface area contributed by atoms with E-state index in [2.05, 4.69) is 4.98 Å². The van der Waals surface area contributed by atoms with Crippen LogP contribution in [-0.2, 0) is 6.61 Å². The zero-order valence-electron chi connectivity index (χ0n) is 6.20. The van der Waals surface area contributed by atoms with Crippen LogP contribution >= 0.6 is 12.2 Å². The molecular formula is C8H7NO2S. The van der Waals surface area contributed by atoms with E-state index in [0.717, 1.165) is 10.9 Å². The highest BCUT2D eigenvalue weighted by molar-refractivity contribution is 7.71. The minimum absolute atomic E-state index is 0.0118. The minimum Gasteiger partial charge on any atom is -0.461 e. The summed E-state index contributed by atoms with van der Waals surface area (Å²) in [5, 5.41) is 9.83. The first kappa shape index (κ1) is 7.52. The first-order valence-corrected chi connectivity index (χ1v) is 3.92. The van der Waals surface area contributed by atoms with Crippen molar-refractivity contribution in [1.82, 2.24) is 4.98 Å². The maximum atomic E-state index is 8.95. The van der Waals surface area contributed by atoms with Gasteiger partial charge in [-0.3, -0.25) is 0 Å². The summed E-state index contributed by atoms with van der Waals surface area (Å²) in [7, 11) is 0. The van der Waals surface area contributed by atoms with Crippen LogP contribution in [0.3, 0.4) is 0 Å². The van der Waals surface area contributed by atoms with Crippen LogP contribution in [0.25, 0.3) is 11.0 Å². The number of H-pyrrole nitrogens is 1. The molecule has 2 aromatic rings. The van der Waals surface area contributed by atoms with Crippen LogP contribution in [0, 0.1) is 4.64 Å². The molecule has 0 aliphatic carbocycles. The molecule has 0 saturated heterocycles. The molecule has 2 aromatic heterocycles. The monoisotopic (exact) mass is 181 g/mol. The summed E-state index contributed by atoms with van der Waals surface area (Å²) in [6.07, 6.45) is 3.26. The van der Waals surface area contributed by atoms with Crippen LogP contribution in [-0.4, -0.2) is 10.1 Å². The molecule has 12 heavy (non-hydrogen) atoms. The van der Waals surface area contributed by atoms with E-state index in [4.69, 9.17) is 21.7 Å². The van der Waals surface area contributed by atoms with Crippen LogP contribution < -0.4 is 0 Å². The molecule has 3 nitrogen and oxygen atoms in total. The summed E-state index contributed by atoms with van der Waals surface area (Å²) in [6.45, 7) is -0.0118. The van der Waals surface area contributed by atoms with Gasteiger partial charge < -0.3 is 14.5 Å². The van der Waals surface area contributed by atoms with Gasteiger partial charge in [0, 0.05) is 17.1 Å². The fraction of sp³-hybridized carbons (Fsp3) is 0.125. The van der Waals surface area contributed by atoms with Gasteiger partial charge in [-0.1, -0.05) is 12.2 Å². The van der Waals surface area contributed by atoms with Crippen molar-refractivity contribution in [2.45, 2.75) is 6.61 Å². The summed E-state index contributed by atoms with van der Waals surface area (Å²) in [4.78, 5) is 2.84. The molecule has 0 fully saturated rings. The van der Waals surface area contributed by atoms with Gasteiger partial charge in [-0.05, 0) is 6.07 Å². The third kappa shape index (κ3) is 0.964. The molecule has 0 aliphatic rings. The van der Waals surface area contributed by atoms with Crippen molar-refractivity contribution in [1.29, 1.82) is 0 Å². The topological polar surface area (TPSA) is 49.2 Å². The lowest BCUT2D eigenvalue weighted by atomic mass is 10.2. The Bertz CT molecular complexity index is 457. The number of aliphatic hydroxyl groups excluding tert-OH is 1. The average molecular weight is 181 g/mol. The fourth-order valence-electron chi connectivity index (χ4n) is 1.16. The summed E-state index contributed by atoms with van der Waals surface area (Å²) in [6, 6.07) is 1.80. The van der Waals surface area contributed by atoms with Crippen molar-refractivity contribution in [2.75, 3.05) is 0 Å². The van der Waals surface area contributed by atoms with Crippen molar-refractivity contribution in [2.24, 2.45) is 0 Å². The van der Waals surface area contributed by atoms with Crippen molar-refractivity contribution in [3.63, 3.8) is 0 Å². The molecule has 0 amide bonds. The smallest absolute Gasteiger partial charge is 0.168 e. The molecule has 0 radical (unpaired) electrons. The van der Waals surface area contributed by atoms with E-state index < -0.39 is 0 Å². The predicted octanol–water partition coefficient (Wildman–Crippen LogP) is 1.98. The third-order valence-electron chi connectivity index (χ3n) is 1.77. The Morgan fingerprint density at radius 3 is 3.17 bits per heavy atom. The summed E-state index contributed by atoms with van der Waals surface area (Å²) in [5.74, 6) is 0. The van der Waals surface area contributed by atoms with Gasteiger partial charge in [-0.25, -0.2) is 0 Å². The Balaban J connectivity index is 2.92. The number of aromatic amines is 1. The molecule has 0 spiro atoms. The lowest BCUT2D eigenvalue weighted by Crippen LogP contribution is -1.86. The molecule has 62 valence electrons. The Kier molecular flexibility index (Phi) is 1.71. The second-order valence-electron chi connectivity index (χ2n) is 2.46. The Hall–Kier alpha value is -1.13. The Morgan fingerprint density at radius 2 is 2.42 bits per heavy atom. The number of hydrogen-bond acceptors (Lipinski definition) is 3. The van der Waals surface area contributed by atoms with Gasteiger partial charge in [0.25, 0.3) is 0 Å². The summed E-state index contributed by atoms with van der Waals surface area (Å²) >= 11 is 4.98. The van der Waals surface area contributed by atoms with Gasteiger partial charge in [0.15, 0.2) is 5.58 Å². The van der Waals surface area contributed by atoms with Crippen molar-refractivity contribution >= 4 is 23.2 Å². The molecule has 0 unspecified atom stereocenters. The number of aromatic nitrogens is 1. The summed E-state index contributed by atoms with van der Waals surface area (Å²) < 4.78 is 5.71. The maximum Gasteiger partial charge on any atom is 0.168 e. The molecule has 0 aromatic carbocycles. The molecule has 0 atom stereocenters. The molecular weight excluding hydrogens is 174 g/mol. The largest absolute Gasteiger partial charge is 0.461 e. The van der Waals surface area contributed by atoms with E-state index >= 15 is 0 Å². The SMILES string of the molecule is OCc1c[nH]c(=S)c2occc12. The number of nitrogens with one attached hydrogen (secondary N) is 1. The predicted molar refractivity (Wildman–Crippen MR) is 47.3 cm³/mol. The van der Waals surface area contributed by atoms with Gasteiger partial charge in [0.2, 0.25) is 0 Å². The second-order valence-corrected chi connectivity index (χ2v) is 2.87. The molecule has 0 saturated carbocycles. The molecule has 2 N–H and O–H groups in total. The van der Waals surface area contributed by atoms with Gasteiger partial charge in [-0.15, -0.1) is 0 Å². The zero-order valence-corrected chi connectivity index (χ0v) is 7.02. The highest BCUT2D eigenvalue weighted by Crippen LogP contribution is 2.19. The van der Waals surface area contributed by atoms with Gasteiger partial charge in [0.05, 0.1) is 12.9 Å². The van der Waals surface area contributed by atoms with Crippen LogP contribution in [0.2, 0.25) is 0 Å². The number of hydrogen-bond donors (Lipinski definition) is 2. The quantitative estimate of drug-likeness (QED) is 0.661. The van der Waals surface area contributed by atoms with E-state index in [1.54, 1.807) is 18.5 Å². The first-order chi connectivity index (χ1) is 5.83. The van der Waals surface area contributed by atoms with E-state index in [9.17, 15) is 0 Å². The maximum absolute atomic E-state index is 8.95. The first-order valence-electron chi connectivity index (χ1n) is 3.51. The van der Waals surface area contributed by atoms with Crippen LogP contribution in [0.5, 0.6) is 0 Å². The highest BCUT2D eigenvalue weighted by atomic mass is 32.1. The zero-order chi connectivity index (χ0) is 8.55. The van der Waals surface area contributed by atoms with Crippen LogP contribution in [0.15, 0.2) is 22.9 Å². The van der Waals surface area contributed by atoms with E-state index in [0.29, 0.717) is 10.2 Å². The highest BCUT2D eigenvalue weighted by Gasteiger charge is 2.03.